The Morgan fingerprint density at radius 1 is 1.50 bits per heavy atom. The summed E-state index contributed by atoms with van der Waals surface area (Å²) in [6, 6.07) is 4.06. The van der Waals surface area contributed by atoms with Crippen molar-refractivity contribution < 1.29 is 8.91 Å². The highest BCUT2D eigenvalue weighted by atomic mass is 35.5. The standard InChI is InChI=1S/C12H13ClFN3O/c1-2-4-9(15)11-16-12(18-17-11)10-7(13)5-3-6-8(10)14/h3,5-6,9H,2,4,15H2,1H3. The molecule has 0 aliphatic carbocycles. The van der Waals surface area contributed by atoms with Gasteiger partial charge in [0, 0.05) is 0 Å². The van der Waals surface area contributed by atoms with Gasteiger partial charge in [0.1, 0.15) is 5.82 Å². The van der Waals surface area contributed by atoms with Crippen molar-refractivity contribution in [3.05, 3.63) is 34.9 Å². The molecule has 0 radical (unpaired) electrons. The van der Waals surface area contributed by atoms with Crippen LogP contribution in [0.4, 0.5) is 4.39 Å². The van der Waals surface area contributed by atoms with Gasteiger partial charge in [0.05, 0.1) is 16.6 Å². The second kappa shape index (κ2) is 5.46. The molecule has 0 spiro atoms. The van der Waals surface area contributed by atoms with Gasteiger partial charge in [-0.15, -0.1) is 0 Å². The number of rotatable bonds is 4. The Morgan fingerprint density at radius 3 is 2.94 bits per heavy atom. The Bertz CT molecular complexity index is 524. The van der Waals surface area contributed by atoms with Crippen LogP contribution in [0.25, 0.3) is 11.5 Å². The molecule has 0 fully saturated rings. The van der Waals surface area contributed by atoms with E-state index in [0.29, 0.717) is 5.82 Å². The summed E-state index contributed by atoms with van der Waals surface area (Å²) in [6.07, 6.45) is 1.65. The molecule has 0 saturated carbocycles. The molecule has 0 aliphatic heterocycles. The molecule has 1 atom stereocenters. The molecule has 4 nitrogen and oxygen atoms in total. The molecule has 96 valence electrons. The number of nitrogens with two attached hydrogens (primary N) is 1. The molecule has 1 aromatic carbocycles. The van der Waals surface area contributed by atoms with E-state index in [0.717, 1.165) is 12.8 Å². The Morgan fingerprint density at radius 2 is 2.28 bits per heavy atom. The van der Waals surface area contributed by atoms with E-state index in [1.54, 1.807) is 6.07 Å². The Hall–Kier alpha value is -1.46. The second-order valence-corrected chi connectivity index (χ2v) is 4.36. The third kappa shape index (κ3) is 2.52. The molecule has 2 N–H and O–H groups in total. The highest BCUT2D eigenvalue weighted by Gasteiger charge is 2.19. The van der Waals surface area contributed by atoms with E-state index in [-0.39, 0.29) is 22.5 Å². The highest BCUT2D eigenvalue weighted by molar-refractivity contribution is 6.33. The van der Waals surface area contributed by atoms with Crippen LogP contribution in [0.1, 0.15) is 31.6 Å². The molecule has 2 rings (SSSR count). The van der Waals surface area contributed by atoms with Gasteiger partial charge in [-0.2, -0.15) is 4.98 Å². The number of nitrogens with zero attached hydrogens (tertiary/aromatic N) is 2. The van der Waals surface area contributed by atoms with Crippen molar-refractivity contribution in [3.63, 3.8) is 0 Å². The van der Waals surface area contributed by atoms with Crippen LogP contribution < -0.4 is 5.73 Å². The number of halogens is 2. The summed E-state index contributed by atoms with van der Waals surface area (Å²) < 4.78 is 18.7. The van der Waals surface area contributed by atoms with Gasteiger partial charge in [0.2, 0.25) is 0 Å². The Balaban J connectivity index is 2.35. The first kappa shape index (κ1) is 13.0. The van der Waals surface area contributed by atoms with Gasteiger partial charge >= 0.3 is 0 Å². The minimum Gasteiger partial charge on any atom is -0.334 e. The maximum absolute atomic E-state index is 13.7. The summed E-state index contributed by atoms with van der Waals surface area (Å²) in [7, 11) is 0. The van der Waals surface area contributed by atoms with E-state index >= 15 is 0 Å². The monoisotopic (exact) mass is 269 g/mol. The lowest BCUT2D eigenvalue weighted by molar-refractivity contribution is 0.411. The van der Waals surface area contributed by atoms with Crippen LogP contribution in [0.15, 0.2) is 22.7 Å². The molecular formula is C12H13ClFN3O. The molecule has 0 aliphatic rings. The van der Waals surface area contributed by atoms with Crippen molar-refractivity contribution in [2.75, 3.05) is 0 Å². The Labute approximate surface area is 109 Å². The topological polar surface area (TPSA) is 64.9 Å². The summed E-state index contributed by atoms with van der Waals surface area (Å²) in [5.41, 5.74) is 5.97. The van der Waals surface area contributed by atoms with Crippen LogP contribution in [0.2, 0.25) is 5.02 Å². The molecule has 1 aromatic heterocycles. The fourth-order valence-electron chi connectivity index (χ4n) is 1.63. The van der Waals surface area contributed by atoms with E-state index in [4.69, 9.17) is 21.9 Å². The minimum atomic E-state index is -0.498. The molecule has 0 saturated heterocycles. The van der Waals surface area contributed by atoms with Gasteiger partial charge in [-0.1, -0.05) is 36.2 Å². The van der Waals surface area contributed by atoms with Crippen LogP contribution in [0.5, 0.6) is 0 Å². The summed E-state index contributed by atoms with van der Waals surface area (Å²) >= 11 is 5.92. The predicted molar refractivity (Wildman–Crippen MR) is 66.5 cm³/mol. The van der Waals surface area contributed by atoms with Crippen LogP contribution in [-0.4, -0.2) is 10.1 Å². The second-order valence-electron chi connectivity index (χ2n) is 3.95. The van der Waals surface area contributed by atoms with E-state index in [1.165, 1.54) is 12.1 Å². The summed E-state index contributed by atoms with van der Waals surface area (Å²) in [5.74, 6) is -0.0763. The lowest BCUT2D eigenvalue weighted by atomic mass is 10.1. The third-order valence-corrected chi connectivity index (χ3v) is 2.86. The van der Waals surface area contributed by atoms with E-state index in [2.05, 4.69) is 10.1 Å². The average Bonchev–Trinajstić information content (AvgIpc) is 2.78. The maximum atomic E-state index is 13.7. The van der Waals surface area contributed by atoms with Gasteiger partial charge in [0.25, 0.3) is 5.89 Å². The minimum absolute atomic E-state index is 0.0552. The smallest absolute Gasteiger partial charge is 0.262 e. The first-order valence-electron chi connectivity index (χ1n) is 5.67. The molecule has 18 heavy (non-hydrogen) atoms. The summed E-state index contributed by atoms with van der Waals surface area (Å²) in [4.78, 5) is 4.09. The SMILES string of the molecule is CCCC(N)c1noc(-c2c(F)cccc2Cl)n1. The number of aromatic nitrogens is 2. The molecular weight excluding hydrogens is 257 g/mol. The van der Waals surface area contributed by atoms with Crippen LogP contribution in [0.3, 0.4) is 0 Å². The van der Waals surface area contributed by atoms with Gasteiger partial charge in [-0.05, 0) is 18.6 Å². The van der Waals surface area contributed by atoms with Crippen LogP contribution in [-0.2, 0) is 0 Å². The maximum Gasteiger partial charge on any atom is 0.262 e. The Kier molecular flexibility index (Phi) is 3.93. The van der Waals surface area contributed by atoms with Gasteiger partial charge in [-0.25, -0.2) is 4.39 Å². The quantitative estimate of drug-likeness (QED) is 0.925. The van der Waals surface area contributed by atoms with E-state index in [1.807, 2.05) is 6.92 Å². The fraction of sp³-hybridized carbons (Fsp3) is 0.333. The van der Waals surface area contributed by atoms with E-state index < -0.39 is 5.82 Å². The molecule has 0 bridgehead atoms. The highest BCUT2D eigenvalue weighted by Crippen LogP contribution is 2.29. The third-order valence-electron chi connectivity index (χ3n) is 2.55. The first-order chi connectivity index (χ1) is 8.63. The zero-order valence-electron chi connectivity index (χ0n) is 9.86. The van der Waals surface area contributed by atoms with Crippen LogP contribution >= 0.6 is 11.6 Å². The molecule has 0 amide bonds. The van der Waals surface area contributed by atoms with Gasteiger partial charge < -0.3 is 10.3 Å². The molecule has 1 unspecified atom stereocenters. The largest absolute Gasteiger partial charge is 0.334 e. The number of hydrogen-bond donors (Lipinski definition) is 1. The van der Waals surface area contributed by atoms with E-state index in [9.17, 15) is 4.39 Å². The zero-order chi connectivity index (χ0) is 13.1. The first-order valence-corrected chi connectivity index (χ1v) is 6.04. The number of hydrogen-bond acceptors (Lipinski definition) is 4. The zero-order valence-corrected chi connectivity index (χ0v) is 10.6. The van der Waals surface area contributed by atoms with Gasteiger partial charge in [-0.3, -0.25) is 0 Å². The molecule has 6 heteroatoms. The summed E-state index contributed by atoms with van der Waals surface area (Å²) in [6.45, 7) is 2.01. The predicted octanol–water partition coefficient (Wildman–Crippen LogP) is 3.33. The van der Waals surface area contributed by atoms with Crippen molar-refractivity contribution in [2.45, 2.75) is 25.8 Å². The van der Waals surface area contributed by atoms with Crippen molar-refractivity contribution >= 4 is 11.6 Å². The molecule has 1 heterocycles. The van der Waals surface area contributed by atoms with Crippen molar-refractivity contribution in [1.29, 1.82) is 0 Å². The molecule has 2 aromatic rings. The van der Waals surface area contributed by atoms with Crippen LogP contribution in [0, 0.1) is 5.82 Å². The lowest BCUT2D eigenvalue weighted by Gasteiger charge is -2.02. The fourth-order valence-corrected chi connectivity index (χ4v) is 1.87. The van der Waals surface area contributed by atoms with Gasteiger partial charge in [0.15, 0.2) is 5.82 Å². The van der Waals surface area contributed by atoms with Crippen molar-refractivity contribution in [3.8, 4) is 11.5 Å². The average molecular weight is 270 g/mol. The lowest BCUT2D eigenvalue weighted by Crippen LogP contribution is -2.11. The van der Waals surface area contributed by atoms with Crippen molar-refractivity contribution in [1.82, 2.24) is 10.1 Å². The van der Waals surface area contributed by atoms with Crippen molar-refractivity contribution in [2.24, 2.45) is 5.73 Å². The summed E-state index contributed by atoms with van der Waals surface area (Å²) in [5, 5.41) is 3.99. The number of benzene rings is 1. The normalized spacial score (nSPS) is 12.7.